The standard InChI is InChI=1S/C13H11F2N3O3/c1-21-13-3-2-8(7-17-13)6-16-11-5-12(18(19)20)10(15)4-9(11)14/h2-5,7,16H,6H2,1H3. The quantitative estimate of drug-likeness (QED) is 0.678. The van der Waals surface area contributed by atoms with Crippen LogP contribution in [0.3, 0.4) is 0 Å². The Morgan fingerprint density at radius 1 is 1.33 bits per heavy atom. The van der Waals surface area contributed by atoms with Crippen molar-refractivity contribution in [2.75, 3.05) is 12.4 Å². The Balaban J connectivity index is 2.15. The molecule has 0 saturated carbocycles. The number of ether oxygens (including phenoxy) is 1. The van der Waals surface area contributed by atoms with E-state index >= 15 is 0 Å². The Kier molecular flexibility index (Phi) is 4.27. The number of nitro benzene ring substituents is 1. The van der Waals surface area contributed by atoms with Gasteiger partial charge in [-0.05, 0) is 5.56 Å². The zero-order valence-corrected chi connectivity index (χ0v) is 11.0. The van der Waals surface area contributed by atoms with Crippen LogP contribution in [-0.4, -0.2) is 17.0 Å². The highest BCUT2D eigenvalue weighted by Crippen LogP contribution is 2.25. The third-order valence-electron chi connectivity index (χ3n) is 2.72. The highest BCUT2D eigenvalue weighted by molar-refractivity contribution is 5.53. The molecule has 21 heavy (non-hydrogen) atoms. The van der Waals surface area contributed by atoms with Crippen molar-refractivity contribution in [2.45, 2.75) is 6.54 Å². The monoisotopic (exact) mass is 295 g/mol. The lowest BCUT2D eigenvalue weighted by atomic mass is 10.2. The van der Waals surface area contributed by atoms with E-state index in [1.165, 1.54) is 13.3 Å². The molecule has 0 radical (unpaired) electrons. The van der Waals surface area contributed by atoms with Crippen molar-refractivity contribution in [2.24, 2.45) is 0 Å². The van der Waals surface area contributed by atoms with E-state index in [1.807, 2.05) is 0 Å². The van der Waals surface area contributed by atoms with Crippen LogP contribution in [0.15, 0.2) is 30.5 Å². The highest BCUT2D eigenvalue weighted by atomic mass is 19.1. The minimum Gasteiger partial charge on any atom is -0.481 e. The van der Waals surface area contributed by atoms with Gasteiger partial charge in [-0.15, -0.1) is 0 Å². The second kappa shape index (κ2) is 6.12. The van der Waals surface area contributed by atoms with Crippen molar-refractivity contribution in [3.63, 3.8) is 0 Å². The molecule has 0 saturated heterocycles. The average Bonchev–Trinajstić information content (AvgIpc) is 2.46. The van der Waals surface area contributed by atoms with E-state index in [-0.39, 0.29) is 12.2 Å². The fourth-order valence-corrected chi connectivity index (χ4v) is 1.65. The topological polar surface area (TPSA) is 77.3 Å². The van der Waals surface area contributed by atoms with Gasteiger partial charge in [-0.3, -0.25) is 10.1 Å². The maximum Gasteiger partial charge on any atom is 0.307 e. The summed E-state index contributed by atoms with van der Waals surface area (Å²) in [6, 6.07) is 4.63. The number of nitrogens with one attached hydrogen (secondary N) is 1. The summed E-state index contributed by atoms with van der Waals surface area (Å²) in [6.45, 7) is 0.177. The lowest BCUT2D eigenvalue weighted by Gasteiger charge is -2.08. The highest BCUT2D eigenvalue weighted by Gasteiger charge is 2.18. The molecule has 0 bridgehead atoms. The molecule has 0 aliphatic carbocycles. The Morgan fingerprint density at radius 3 is 2.67 bits per heavy atom. The van der Waals surface area contributed by atoms with Gasteiger partial charge in [-0.1, -0.05) is 6.07 Å². The average molecular weight is 295 g/mol. The Morgan fingerprint density at radius 2 is 2.10 bits per heavy atom. The smallest absolute Gasteiger partial charge is 0.307 e. The molecule has 8 heteroatoms. The summed E-state index contributed by atoms with van der Waals surface area (Å²) in [5.41, 5.74) is -0.229. The van der Waals surface area contributed by atoms with Gasteiger partial charge in [0.2, 0.25) is 11.7 Å². The number of pyridine rings is 1. The molecule has 2 rings (SSSR count). The summed E-state index contributed by atoms with van der Waals surface area (Å²) >= 11 is 0. The Bertz CT molecular complexity index is 662. The Labute approximate surface area is 118 Å². The van der Waals surface area contributed by atoms with E-state index < -0.39 is 22.2 Å². The van der Waals surface area contributed by atoms with E-state index in [9.17, 15) is 18.9 Å². The number of rotatable bonds is 5. The van der Waals surface area contributed by atoms with Crippen molar-refractivity contribution in [1.29, 1.82) is 0 Å². The minimum absolute atomic E-state index is 0.154. The number of methoxy groups -OCH3 is 1. The van der Waals surface area contributed by atoms with E-state index in [4.69, 9.17) is 4.74 Å². The van der Waals surface area contributed by atoms with E-state index in [2.05, 4.69) is 10.3 Å². The fraction of sp³-hybridized carbons (Fsp3) is 0.154. The molecule has 2 aromatic rings. The molecule has 1 aromatic carbocycles. The fourth-order valence-electron chi connectivity index (χ4n) is 1.65. The van der Waals surface area contributed by atoms with Crippen molar-refractivity contribution in [3.8, 4) is 5.88 Å². The molecular weight excluding hydrogens is 284 g/mol. The van der Waals surface area contributed by atoms with Crippen LogP contribution >= 0.6 is 0 Å². The molecule has 0 atom stereocenters. The maximum atomic E-state index is 13.6. The number of nitrogens with zero attached hydrogens (tertiary/aromatic N) is 2. The molecule has 0 aliphatic rings. The molecule has 110 valence electrons. The normalized spacial score (nSPS) is 10.2. The zero-order chi connectivity index (χ0) is 15.4. The molecule has 0 amide bonds. The van der Waals surface area contributed by atoms with Crippen LogP contribution in [0.2, 0.25) is 0 Å². The summed E-state index contributed by atoms with van der Waals surface area (Å²) in [7, 11) is 1.48. The molecule has 6 nitrogen and oxygen atoms in total. The largest absolute Gasteiger partial charge is 0.481 e. The van der Waals surface area contributed by atoms with Crippen LogP contribution in [0, 0.1) is 21.7 Å². The van der Waals surface area contributed by atoms with Gasteiger partial charge in [-0.25, -0.2) is 9.37 Å². The SMILES string of the molecule is COc1ccc(CNc2cc([N+](=O)[O-])c(F)cc2F)cn1. The van der Waals surface area contributed by atoms with Crippen molar-refractivity contribution < 1.29 is 18.4 Å². The summed E-state index contributed by atoms with van der Waals surface area (Å²) in [4.78, 5) is 13.7. The van der Waals surface area contributed by atoms with Crippen LogP contribution < -0.4 is 10.1 Å². The van der Waals surface area contributed by atoms with Crippen LogP contribution in [0.5, 0.6) is 5.88 Å². The predicted molar refractivity (Wildman–Crippen MR) is 71.1 cm³/mol. The first-order valence-corrected chi connectivity index (χ1v) is 5.87. The van der Waals surface area contributed by atoms with Crippen molar-refractivity contribution in [3.05, 3.63) is 57.8 Å². The van der Waals surface area contributed by atoms with E-state index in [0.29, 0.717) is 17.5 Å². The Hall–Kier alpha value is -2.77. The van der Waals surface area contributed by atoms with Gasteiger partial charge >= 0.3 is 5.69 Å². The molecule has 1 N–H and O–H groups in total. The summed E-state index contributed by atoms with van der Waals surface area (Å²) < 4.78 is 31.6. The summed E-state index contributed by atoms with van der Waals surface area (Å²) in [5.74, 6) is -1.68. The van der Waals surface area contributed by atoms with Crippen LogP contribution in [0.1, 0.15) is 5.56 Å². The van der Waals surface area contributed by atoms with E-state index in [1.54, 1.807) is 12.1 Å². The lowest BCUT2D eigenvalue weighted by Crippen LogP contribution is -2.04. The maximum absolute atomic E-state index is 13.6. The lowest BCUT2D eigenvalue weighted by molar-refractivity contribution is -0.387. The van der Waals surface area contributed by atoms with Gasteiger partial charge in [0.25, 0.3) is 0 Å². The first-order chi connectivity index (χ1) is 10.0. The summed E-state index contributed by atoms with van der Waals surface area (Å²) in [5, 5.41) is 13.3. The second-order valence-corrected chi connectivity index (χ2v) is 4.10. The molecule has 0 unspecified atom stereocenters. The molecule has 0 spiro atoms. The predicted octanol–water partition coefficient (Wildman–Crippen LogP) is 2.89. The van der Waals surface area contributed by atoms with Gasteiger partial charge < -0.3 is 10.1 Å². The minimum atomic E-state index is -1.21. The number of nitro groups is 1. The first-order valence-electron chi connectivity index (χ1n) is 5.87. The number of hydrogen-bond acceptors (Lipinski definition) is 5. The molecule has 0 aliphatic heterocycles. The van der Waals surface area contributed by atoms with Gasteiger partial charge in [0, 0.05) is 30.9 Å². The van der Waals surface area contributed by atoms with Crippen LogP contribution in [0.4, 0.5) is 20.2 Å². The number of aromatic nitrogens is 1. The van der Waals surface area contributed by atoms with Gasteiger partial charge in [0.05, 0.1) is 17.7 Å². The third-order valence-corrected chi connectivity index (χ3v) is 2.72. The number of anilines is 1. The summed E-state index contributed by atoms with van der Waals surface area (Å²) in [6.07, 6.45) is 1.52. The van der Waals surface area contributed by atoms with Crippen LogP contribution in [-0.2, 0) is 6.54 Å². The van der Waals surface area contributed by atoms with E-state index in [0.717, 1.165) is 6.07 Å². The van der Waals surface area contributed by atoms with Crippen LogP contribution in [0.25, 0.3) is 0 Å². The molecule has 0 fully saturated rings. The third kappa shape index (κ3) is 3.41. The van der Waals surface area contributed by atoms with Gasteiger partial charge in [-0.2, -0.15) is 4.39 Å². The number of benzene rings is 1. The van der Waals surface area contributed by atoms with Gasteiger partial charge in [0.1, 0.15) is 5.82 Å². The molecular formula is C13H11F2N3O3. The number of halogens is 2. The van der Waals surface area contributed by atoms with Crippen molar-refractivity contribution >= 4 is 11.4 Å². The zero-order valence-electron chi connectivity index (χ0n) is 11.0. The number of hydrogen-bond donors (Lipinski definition) is 1. The van der Waals surface area contributed by atoms with Gasteiger partial charge in [0.15, 0.2) is 0 Å². The van der Waals surface area contributed by atoms with Crippen molar-refractivity contribution in [1.82, 2.24) is 4.98 Å². The second-order valence-electron chi connectivity index (χ2n) is 4.10. The first kappa shape index (κ1) is 14.6. The molecule has 1 heterocycles. The molecule has 1 aromatic heterocycles.